The quantitative estimate of drug-likeness (QED) is 0.213. The zero-order chi connectivity index (χ0) is 26.2. The molecule has 0 spiro atoms. The molecule has 9 aromatic rings. The minimum atomic E-state index is 0.998. The van der Waals surface area contributed by atoms with Crippen molar-refractivity contribution in [3.63, 3.8) is 0 Å². The summed E-state index contributed by atoms with van der Waals surface area (Å²) in [7, 11) is 0. The number of pyridine rings is 1. The fraction of sp³-hybridized carbons (Fsp3) is 0. The van der Waals surface area contributed by atoms with Gasteiger partial charge < -0.3 is 4.57 Å². The minimum Gasteiger partial charge on any atom is -0.309 e. The van der Waals surface area contributed by atoms with Crippen LogP contribution in [0.5, 0.6) is 0 Å². The van der Waals surface area contributed by atoms with Crippen molar-refractivity contribution < 1.29 is 0 Å². The summed E-state index contributed by atoms with van der Waals surface area (Å²) in [5, 5.41) is 6.14. The first-order valence-corrected chi connectivity index (χ1v) is 13.7. The summed E-state index contributed by atoms with van der Waals surface area (Å²) in [6.45, 7) is 0. The van der Waals surface area contributed by atoms with E-state index < -0.39 is 0 Å². The monoisotopic (exact) mass is 509 g/mol. The first-order valence-electron chi connectivity index (χ1n) is 13.7. The third-order valence-electron chi connectivity index (χ3n) is 8.26. The van der Waals surface area contributed by atoms with E-state index in [1.54, 1.807) is 0 Å². The van der Waals surface area contributed by atoms with Crippen LogP contribution in [0.25, 0.3) is 77.0 Å². The van der Waals surface area contributed by atoms with Gasteiger partial charge in [-0.25, -0.2) is 4.98 Å². The molecule has 9 rings (SSSR count). The molecular weight excluding hydrogens is 486 g/mol. The van der Waals surface area contributed by atoms with Crippen LogP contribution in [0, 0.1) is 0 Å². The van der Waals surface area contributed by atoms with Crippen molar-refractivity contribution in [1.29, 1.82) is 0 Å². The maximum absolute atomic E-state index is 5.10. The van der Waals surface area contributed by atoms with Crippen molar-refractivity contribution in [2.24, 2.45) is 0 Å². The molecule has 6 aromatic carbocycles. The average Bonchev–Trinajstić information content (AvgIpc) is 3.57. The van der Waals surface area contributed by atoms with E-state index in [1.807, 2.05) is 0 Å². The molecule has 3 nitrogen and oxygen atoms in total. The number of imidazole rings is 1. The summed E-state index contributed by atoms with van der Waals surface area (Å²) in [6, 6.07) is 50.1. The van der Waals surface area contributed by atoms with Gasteiger partial charge in [-0.15, -0.1) is 0 Å². The summed E-state index contributed by atoms with van der Waals surface area (Å²) in [6.07, 6.45) is 0. The highest BCUT2D eigenvalue weighted by atomic mass is 15.0. The fourth-order valence-corrected chi connectivity index (χ4v) is 6.50. The summed E-state index contributed by atoms with van der Waals surface area (Å²) < 4.78 is 4.76. The Hall–Kier alpha value is -5.41. The van der Waals surface area contributed by atoms with Gasteiger partial charge in [-0.2, -0.15) is 0 Å². The topological polar surface area (TPSA) is 22.2 Å². The number of para-hydroxylation sites is 3. The Kier molecular flexibility index (Phi) is 4.33. The predicted molar refractivity (Wildman–Crippen MR) is 167 cm³/mol. The van der Waals surface area contributed by atoms with Crippen LogP contribution in [0.4, 0.5) is 0 Å². The van der Waals surface area contributed by atoms with Crippen molar-refractivity contribution >= 4 is 60.2 Å². The van der Waals surface area contributed by atoms with E-state index in [4.69, 9.17) is 4.98 Å². The zero-order valence-electron chi connectivity index (χ0n) is 21.6. The molecule has 0 saturated carbocycles. The molecule has 0 unspecified atom stereocenters. The molecule has 0 atom stereocenters. The lowest BCUT2D eigenvalue weighted by atomic mass is 10.0. The Bertz CT molecular complexity index is 2430. The van der Waals surface area contributed by atoms with Gasteiger partial charge >= 0.3 is 0 Å². The Labute approximate surface area is 230 Å². The van der Waals surface area contributed by atoms with Crippen LogP contribution in [-0.4, -0.2) is 14.0 Å². The van der Waals surface area contributed by atoms with Crippen LogP contribution in [0.15, 0.2) is 140 Å². The van der Waals surface area contributed by atoms with E-state index in [9.17, 15) is 0 Å². The Morgan fingerprint density at radius 1 is 0.400 bits per heavy atom. The molecule has 3 heteroatoms. The number of rotatable bonds is 2. The standard InChI is InChI=1S/C37H23N3/c1-2-11-24(12-3-1)25-13-10-14-26(21-25)39-33-19-8-6-16-28(33)31-22-30-27-15-4-5-17-29(27)37-38-32-18-7-9-20-34(32)40(37)36(30)23-35(31)39/h1-23H. The van der Waals surface area contributed by atoms with Gasteiger partial charge in [0.25, 0.3) is 0 Å². The number of aromatic nitrogens is 3. The predicted octanol–water partition coefficient (Wildman–Crippen LogP) is 9.56. The molecule has 0 saturated heterocycles. The van der Waals surface area contributed by atoms with Crippen LogP contribution >= 0.6 is 0 Å². The normalized spacial score (nSPS) is 12.0. The highest BCUT2D eigenvalue weighted by Crippen LogP contribution is 2.39. The van der Waals surface area contributed by atoms with Crippen molar-refractivity contribution in [3.05, 3.63) is 140 Å². The van der Waals surface area contributed by atoms with Crippen molar-refractivity contribution in [3.8, 4) is 16.8 Å². The van der Waals surface area contributed by atoms with Gasteiger partial charge in [-0.1, -0.05) is 97.1 Å². The minimum absolute atomic E-state index is 0.998. The molecule has 0 N–H and O–H groups in total. The number of hydrogen-bond acceptors (Lipinski definition) is 1. The second-order valence-corrected chi connectivity index (χ2v) is 10.5. The van der Waals surface area contributed by atoms with E-state index in [2.05, 4.69) is 148 Å². The molecule has 3 heterocycles. The molecular formula is C37H23N3. The van der Waals surface area contributed by atoms with E-state index in [0.29, 0.717) is 0 Å². The number of hydrogen-bond donors (Lipinski definition) is 0. The Morgan fingerprint density at radius 2 is 1.07 bits per heavy atom. The molecule has 0 bridgehead atoms. The summed E-state index contributed by atoms with van der Waals surface area (Å²) in [5.74, 6) is 0. The molecule has 0 fully saturated rings. The maximum atomic E-state index is 5.10. The number of fused-ring (bicyclic) bond motifs is 11. The number of benzene rings is 6. The summed E-state index contributed by atoms with van der Waals surface area (Å²) >= 11 is 0. The third-order valence-corrected chi connectivity index (χ3v) is 8.26. The third kappa shape index (κ3) is 2.92. The van der Waals surface area contributed by atoms with Crippen LogP contribution in [0.3, 0.4) is 0 Å². The first kappa shape index (κ1) is 21.5. The van der Waals surface area contributed by atoms with Crippen LogP contribution < -0.4 is 0 Å². The first-order chi connectivity index (χ1) is 19.8. The van der Waals surface area contributed by atoms with Gasteiger partial charge in [-0.3, -0.25) is 4.40 Å². The van der Waals surface area contributed by atoms with Crippen LogP contribution in [0.2, 0.25) is 0 Å². The summed E-state index contributed by atoms with van der Waals surface area (Å²) in [5.41, 5.74) is 10.3. The van der Waals surface area contributed by atoms with Crippen LogP contribution in [0.1, 0.15) is 0 Å². The van der Waals surface area contributed by atoms with E-state index >= 15 is 0 Å². The molecule has 40 heavy (non-hydrogen) atoms. The van der Waals surface area contributed by atoms with Gasteiger partial charge in [0.15, 0.2) is 0 Å². The van der Waals surface area contributed by atoms with Gasteiger partial charge in [0.1, 0.15) is 5.65 Å². The van der Waals surface area contributed by atoms with E-state index in [1.165, 1.54) is 49.1 Å². The Balaban J connectivity index is 1.47. The van der Waals surface area contributed by atoms with Crippen molar-refractivity contribution in [1.82, 2.24) is 14.0 Å². The lowest BCUT2D eigenvalue weighted by Gasteiger charge is -2.12. The lowest BCUT2D eigenvalue weighted by Crippen LogP contribution is -1.96. The molecule has 0 aliphatic carbocycles. The largest absolute Gasteiger partial charge is 0.309 e. The van der Waals surface area contributed by atoms with Crippen molar-refractivity contribution in [2.75, 3.05) is 0 Å². The van der Waals surface area contributed by atoms with Crippen molar-refractivity contribution in [2.45, 2.75) is 0 Å². The molecule has 0 radical (unpaired) electrons. The highest BCUT2D eigenvalue weighted by molar-refractivity contribution is 6.20. The second-order valence-electron chi connectivity index (χ2n) is 10.5. The maximum Gasteiger partial charge on any atom is 0.146 e. The zero-order valence-corrected chi connectivity index (χ0v) is 21.6. The van der Waals surface area contributed by atoms with E-state index in [-0.39, 0.29) is 0 Å². The molecule has 0 aliphatic heterocycles. The van der Waals surface area contributed by atoms with Gasteiger partial charge in [0.05, 0.1) is 27.6 Å². The lowest BCUT2D eigenvalue weighted by molar-refractivity contribution is 1.18. The van der Waals surface area contributed by atoms with E-state index in [0.717, 1.165) is 27.9 Å². The average molecular weight is 510 g/mol. The van der Waals surface area contributed by atoms with Gasteiger partial charge in [-0.05, 0) is 59.0 Å². The molecule has 0 aliphatic rings. The van der Waals surface area contributed by atoms with Crippen LogP contribution in [-0.2, 0) is 0 Å². The summed E-state index contributed by atoms with van der Waals surface area (Å²) in [4.78, 5) is 5.10. The van der Waals surface area contributed by atoms with Gasteiger partial charge in [0, 0.05) is 27.2 Å². The SMILES string of the molecule is c1ccc(-c2cccc(-n3c4ccccc4c4cc5c6ccccc6c6nc7ccccc7n6c5cc43)c2)cc1. The number of nitrogens with zero attached hydrogens (tertiary/aromatic N) is 3. The fourth-order valence-electron chi connectivity index (χ4n) is 6.50. The Morgan fingerprint density at radius 3 is 1.95 bits per heavy atom. The molecule has 3 aromatic heterocycles. The molecule has 0 amide bonds. The highest BCUT2D eigenvalue weighted by Gasteiger charge is 2.18. The van der Waals surface area contributed by atoms with Gasteiger partial charge in [0.2, 0.25) is 0 Å². The second kappa shape index (κ2) is 8.05. The molecule has 186 valence electrons. The smallest absolute Gasteiger partial charge is 0.146 e.